The molecule has 0 unspecified atom stereocenters. The average molecular weight is 522 g/mol. The lowest BCUT2D eigenvalue weighted by atomic mass is 9.99. The van der Waals surface area contributed by atoms with Crippen LogP contribution in [0.4, 0.5) is 4.39 Å². The second-order valence-electron chi connectivity index (χ2n) is 10.1. The van der Waals surface area contributed by atoms with Gasteiger partial charge in [-0.25, -0.2) is 9.18 Å². The summed E-state index contributed by atoms with van der Waals surface area (Å²) in [6.45, 7) is 3.43. The highest BCUT2D eigenvalue weighted by molar-refractivity contribution is 5.82. The molecule has 0 radical (unpaired) electrons. The van der Waals surface area contributed by atoms with Crippen molar-refractivity contribution in [3.63, 3.8) is 0 Å². The summed E-state index contributed by atoms with van der Waals surface area (Å²) in [6.07, 6.45) is 1.89. The van der Waals surface area contributed by atoms with E-state index in [1.54, 1.807) is 28.8 Å². The van der Waals surface area contributed by atoms with Crippen molar-refractivity contribution < 1.29 is 18.3 Å². The molecule has 3 aromatic rings. The lowest BCUT2D eigenvalue weighted by Crippen LogP contribution is -2.46. The summed E-state index contributed by atoms with van der Waals surface area (Å²) in [5.41, 5.74) is 2.94. The van der Waals surface area contributed by atoms with Crippen molar-refractivity contribution >= 4 is 17.0 Å². The second kappa shape index (κ2) is 11.5. The number of hydrogen-bond donors (Lipinski definition) is 2. The molecular weight excluding hydrogens is 489 g/mol. The molecule has 5 rings (SSSR count). The first-order valence-electron chi connectivity index (χ1n) is 13.1. The number of likely N-dealkylation sites (tertiary alicyclic amines) is 1. The molecule has 2 saturated heterocycles. The first-order chi connectivity index (χ1) is 18.4. The first-order valence-corrected chi connectivity index (χ1v) is 13.1. The molecule has 2 atom stereocenters. The van der Waals surface area contributed by atoms with Gasteiger partial charge < -0.3 is 24.7 Å². The van der Waals surface area contributed by atoms with E-state index in [2.05, 4.69) is 28.7 Å². The number of benzene rings is 2. The third-order valence-corrected chi connectivity index (χ3v) is 7.39. The zero-order valence-electron chi connectivity index (χ0n) is 21.4. The fraction of sp³-hybridized carbons (Fsp3) is 0.464. The van der Waals surface area contributed by atoms with Crippen molar-refractivity contribution in [2.75, 3.05) is 39.8 Å². The molecule has 0 aliphatic carbocycles. The van der Waals surface area contributed by atoms with Gasteiger partial charge in [-0.1, -0.05) is 18.2 Å². The highest BCUT2D eigenvalue weighted by atomic mass is 19.1. The average Bonchev–Trinajstić information content (AvgIpc) is 3.07. The van der Waals surface area contributed by atoms with Gasteiger partial charge in [0.25, 0.3) is 5.91 Å². The Kier molecular flexibility index (Phi) is 7.88. The molecule has 0 saturated carbocycles. The van der Waals surface area contributed by atoms with E-state index in [1.807, 2.05) is 6.07 Å². The van der Waals surface area contributed by atoms with Crippen molar-refractivity contribution in [2.24, 2.45) is 0 Å². The number of carbonyl (C=O) groups is 1. The third-order valence-electron chi connectivity index (χ3n) is 7.39. The van der Waals surface area contributed by atoms with Gasteiger partial charge in [0, 0.05) is 25.6 Å². The molecule has 2 aliphatic heterocycles. The van der Waals surface area contributed by atoms with Crippen LogP contribution in [0.1, 0.15) is 30.9 Å². The number of ether oxygens (including phenoxy) is 1. The molecule has 2 fully saturated rings. The van der Waals surface area contributed by atoms with E-state index in [-0.39, 0.29) is 24.1 Å². The Balaban J connectivity index is 1.33. The summed E-state index contributed by atoms with van der Waals surface area (Å²) in [7, 11) is 2.07. The number of nitriles is 1. The van der Waals surface area contributed by atoms with Crippen LogP contribution >= 0.6 is 0 Å². The van der Waals surface area contributed by atoms with Gasteiger partial charge in [-0.05, 0) is 80.8 Å². The van der Waals surface area contributed by atoms with Crippen LogP contribution in [-0.2, 0) is 16.0 Å². The quantitative estimate of drug-likeness (QED) is 0.513. The number of rotatable bonds is 6. The topological polar surface area (TPSA) is 113 Å². The Morgan fingerprint density at radius 3 is 2.76 bits per heavy atom. The largest absolute Gasteiger partial charge is 0.420 e. The molecule has 10 heteroatoms. The minimum absolute atomic E-state index is 0.0327. The fourth-order valence-electron chi connectivity index (χ4n) is 5.20. The standard InChI is InChI=1S/C28H32FN5O4/c1-33-10-7-22(8-11-33)34-24-15-19(5-6-25(24)38-28(34)36)18-3-4-20(23(29)14-18)13-21(16-30)32-27(35)26-17-31-9-2-12-37-26/h3-6,14-15,21-22,26,31H,2,7-13,17H2,1H3,(H,32,35)/t21-,26-/m0/s1. The van der Waals surface area contributed by atoms with Crippen LogP contribution in [0.25, 0.3) is 22.2 Å². The molecule has 9 nitrogen and oxygen atoms in total. The first kappa shape index (κ1) is 26.1. The number of fused-ring (bicyclic) bond motifs is 1. The summed E-state index contributed by atoms with van der Waals surface area (Å²) in [6, 6.07) is 11.5. The number of nitrogens with zero attached hydrogens (tertiary/aromatic N) is 3. The number of hydrogen-bond acceptors (Lipinski definition) is 7. The van der Waals surface area contributed by atoms with Gasteiger partial charge in [0.15, 0.2) is 5.58 Å². The van der Waals surface area contributed by atoms with Crippen LogP contribution in [0.3, 0.4) is 0 Å². The van der Waals surface area contributed by atoms with Crippen molar-refractivity contribution in [1.29, 1.82) is 5.26 Å². The van der Waals surface area contributed by atoms with Crippen molar-refractivity contribution in [3.05, 3.63) is 58.3 Å². The normalized spacial score (nSPS) is 20.1. The minimum Gasteiger partial charge on any atom is -0.408 e. The molecular formula is C28H32FN5O4. The smallest absolute Gasteiger partial charge is 0.408 e. The van der Waals surface area contributed by atoms with E-state index in [9.17, 15) is 14.9 Å². The summed E-state index contributed by atoms with van der Waals surface area (Å²) >= 11 is 0. The number of halogens is 1. The third kappa shape index (κ3) is 5.65. The summed E-state index contributed by atoms with van der Waals surface area (Å²) < 4.78 is 27.9. The van der Waals surface area contributed by atoms with Crippen LogP contribution in [0.2, 0.25) is 0 Å². The molecule has 2 aliphatic rings. The van der Waals surface area contributed by atoms with Crippen LogP contribution in [0.15, 0.2) is 45.6 Å². The molecule has 38 heavy (non-hydrogen) atoms. The Bertz CT molecular complexity index is 1390. The summed E-state index contributed by atoms with van der Waals surface area (Å²) in [5, 5.41) is 15.4. The number of piperidine rings is 1. The molecule has 0 bridgehead atoms. The highest BCUT2D eigenvalue weighted by Crippen LogP contribution is 2.30. The minimum atomic E-state index is -0.888. The maximum Gasteiger partial charge on any atom is 0.420 e. The van der Waals surface area contributed by atoms with E-state index in [4.69, 9.17) is 9.15 Å². The number of oxazole rings is 1. The maximum atomic E-state index is 15.2. The van der Waals surface area contributed by atoms with Gasteiger partial charge in [0.05, 0.1) is 11.6 Å². The van der Waals surface area contributed by atoms with E-state index < -0.39 is 18.0 Å². The van der Waals surface area contributed by atoms with Gasteiger partial charge in [-0.2, -0.15) is 5.26 Å². The summed E-state index contributed by atoms with van der Waals surface area (Å²) in [4.78, 5) is 27.4. The number of aromatic nitrogens is 1. The SMILES string of the molecule is CN1CCC(n2c(=O)oc3ccc(-c4ccc(C[C@@H](C#N)NC(=O)[C@@H]5CNCCCO5)c(F)c4)cc32)CC1. The molecule has 200 valence electrons. The van der Waals surface area contributed by atoms with Crippen LogP contribution in [0, 0.1) is 17.1 Å². The Morgan fingerprint density at radius 1 is 1.24 bits per heavy atom. The molecule has 2 N–H and O–H groups in total. The number of carbonyl (C=O) groups excluding carboxylic acids is 1. The fourth-order valence-corrected chi connectivity index (χ4v) is 5.20. The van der Waals surface area contributed by atoms with Crippen LogP contribution < -0.4 is 16.4 Å². The molecule has 3 heterocycles. The Labute approximate surface area is 220 Å². The van der Waals surface area contributed by atoms with E-state index in [0.29, 0.717) is 35.4 Å². The van der Waals surface area contributed by atoms with E-state index >= 15 is 4.39 Å². The molecule has 2 aromatic carbocycles. The zero-order chi connectivity index (χ0) is 26.6. The predicted octanol–water partition coefficient (Wildman–Crippen LogP) is 2.60. The van der Waals surface area contributed by atoms with Crippen molar-refractivity contribution in [1.82, 2.24) is 20.1 Å². The molecule has 0 spiro atoms. The van der Waals surface area contributed by atoms with Crippen LogP contribution in [0.5, 0.6) is 0 Å². The highest BCUT2D eigenvalue weighted by Gasteiger charge is 2.25. The van der Waals surface area contributed by atoms with Gasteiger partial charge in [-0.15, -0.1) is 0 Å². The van der Waals surface area contributed by atoms with Gasteiger partial charge in [0.1, 0.15) is 18.0 Å². The molecule has 1 aromatic heterocycles. The summed E-state index contributed by atoms with van der Waals surface area (Å²) in [5.74, 6) is -1.22. The number of amides is 1. The van der Waals surface area contributed by atoms with Crippen molar-refractivity contribution in [3.8, 4) is 17.2 Å². The van der Waals surface area contributed by atoms with Gasteiger partial charge in [0.2, 0.25) is 0 Å². The van der Waals surface area contributed by atoms with E-state index in [1.165, 1.54) is 6.07 Å². The lowest BCUT2D eigenvalue weighted by molar-refractivity contribution is -0.132. The van der Waals surface area contributed by atoms with Crippen LogP contribution in [-0.4, -0.2) is 67.4 Å². The molecule has 1 amide bonds. The Hall–Kier alpha value is -3.52. The van der Waals surface area contributed by atoms with Gasteiger partial charge >= 0.3 is 5.76 Å². The lowest BCUT2D eigenvalue weighted by Gasteiger charge is -2.29. The monoisotopic (exact) mass is 521 g/mol. The Morgan fingerprint density at radius 2 is 2.00 bits per heavy atom. The zero-order valence-corrected chi connectivity index (χ0v) is 21.4. The van der Waals surface area contributed by atoms with Crippen molar-refractivity contribution in [2.45, 2.75) is 43.9 Å². The van der Waals surface area contributed by atoms with E-state index in [0.717, 1.165) is 44.5 Å². The maximum absolute atomic E-state index is 15.2. The second-order valence-corrected chi connectivity index (χ2v) is 10.1. The predicted molar refractivity (Wildman–Crippen MR) is 140 cm³/mol. The van der Waals surface area contributed by atoms with Gasteiger partial charge in [-0.3, -0.25) is 9.36 Å². The number of nitrogens with one attached hydrogen (secondary N) is 2.